The largest absolute Gasteiger partial charge is 0.388 e. The molecule has 13 heavy (non-hydrogen) atoms. The van der Waals surface area contributed by atoms with Crippen molar-refractivity contribution < 1.29 is 19.5 Å². The number of carbonyl (C=O) groups excluding carboxylic acids is 3. The van der Waals surface area contributed by atoms with E-state index in [2.05, 4.69) is 0 Å². The van der Waals surface area contributed by atoms with Crippen LogP contribution < -0.4 is 0 Å². The second kappa shape index (κ2) is 3.89. The highest BCUT2D eigenvalue weighted by molar-refractivity contribution is 8.12. The molecule has 1 rings (SSSR count). The Kier molecular flexibility index (Phi) is 3.05. The second-order valence-corrected chi connectivity index (χ2v) is 3.70. The summed E-state index contributed by atoms with van der Waals surface area (Å²) in [5, 5.41) is 7.89. The van der Waals surface area contributed by atoms with Crippen molar-refractivity contribution in [1.82, 2.24) is 4.31 Å². The molecule has 0 aromatic rings. The van der Waals surface area contributed by atoms with E-state index in [0.29, 0.717) is 11.9 Å². The van der Waals surface area contributed by atoms with E-state index in [1.807, 2.05) is 0 Å². The van der Waals surface area contributed by atoms with Crippen molar-refractivity contribution in [2.24, 2.45) is 0 Å². The zero-order chi connectivity index (χ0) is 10.0. The van der Waals surface area contributed by atoms with Crippen molar-refractivity contribution in [3.8, 4) is 0 Å². The first-order chi connectivity index (χ1) is 6.06. The van der Waals surface area contributed by atoms with E-state index in [0.717, 1.165) is 4.31 Å². The molecule has 1 atom stereocenters. The van der Waals surface area contributed by atoms with Crippen LogP contribution in [0.2, 0.25) is 0 Å². The molecule has 0 radical (unpaired) electrons. The Balaban J connectivity index is 2.52. The minimum absolute atomic E-state index is 0.141. The molecule has 0 spiro atoms. The SMILES string of the molecule is CC(=O)[C@@H]1CC(=O)N1SC(=O)CO. The number of nitrogens with zero attached hydrogens (tertiary/aromatic N) is 1. The van der Waals surface area contributed by atoms with Gasteiger partial charge in [0.2, 0.25) is 11.0 Å². The Bertz CT molecular complexity index is 265. The van der Waals surface area contributed by atoms with E-state index in [1.54, 1.807) is 0 Å². The molecule has 1 fully saturated rings. The first-order valence-corrected chi connectivity index (χ1v) is 4.47. The molecule has 0 saturated carbocycles. The number of hydrogen-bond acceptors (Lipinski definition) is 5. The summed E-state index contributed by atoms with van der Waals surface area (Å²) in [7, 11) is 0. The molecule has 0 aliphatic carbocycles. The highest BCUT2D eigenvalue weighted by Gasteiger charge is 2.41. The second-order valence-electron chi connectivity index (χ2n) is 2.67. The van der Waals surface area contributed by atoms with Crippen molar-refractivity contribution in [3.05, 3.63) is 0 Å². The summed E-state index contributed by atoms with van der Waals surface area (Å²) in [5.41, 5.74) is 0. The van der Waals surface area contributed by atoms with Gasteiger partial charge >= 0.3 is 0 Å². The van der Waals surface area contributed by atoms with Gasteiger partial charge in [0.05, 0.1) is 6.42 Å². The molecule has 1 aliphatic heterocycles. The predicted octanol–water partition coefficient (Wildman–Crippen LogP) is -0.657. The zero-order valence-corrected chi connectivity index (χ0v) is 7.84. The van der Waals surface area contributed by atoms with Crippen LogP contribution in [0, 0.1) is 0 Å². The molecule has 1 heterocycles. The Labute approximate surface area is 79.2 Å². The van der Waals surface area contributed by atoms with Gasteiger partial charge < -0.3 is 5.11 Å². The molecule has 1 aliphatic rings. The molecule has 0 aromatic carbocycles. The normalized spacial score (nSPS) is 21.2. The highest BCUT2D eigenvalue weighted by atomic mass is 32.2. The third-order valence-electron chi connectivity index (χ3n) is 1.70. The van der Waals surface area contributed by atoms with Crippen LogP contribution in [0.5, 0.6) is 0 Å². The Hall–Kier alpha value is -0.880. The molecule has 6 heteroatoms. The lowest BCUT2D eigenvalue weighted by Crippen LogP contribution is -2.52. The summed E-state index contributed by atoms with van der Waals surface area (Å²) >= 11 is 0.605. The summed E-state index contributed by atoms with van der Waals surface area (Å²) in [6.07, 6.45) is 0.168. The number of carbonyl (C=O) groups is 3. The van der Waals surface area contributed by atoms with Crippen LogP contribution in [0.15, 0.2) is 0 Å². The van der Waals surface area contributed by atoms with E-state index >= 15 is 0 Å². The Morgan fingerprint density at radius 3 is 2.69 bits per heavy atom. The minimum atomic E-state index is -0.626. The third kappa shape index (κ3) is 2.07. The topological polar surface area (TPSA) is 74.7 Å². The van der Waals surface area contributed by atoms with E-state index in [1.165, 1.54) is 6.92 Å². The smallest absolute Gasteiger partial charge is 0.236 e. The number of Topliss-reactive ketones (excluding diaryl/α,β-unsaturated/α-hetero) is 1. The summed E-state index contributed by atoms with van der Waals surface area (Å²) in [6, 6.07) is -0.493. The summed E-state index contributed by atoms with van der Waals surface area (Å²) < 4.78 is 1.11. The molecule has 72 valence electrons. The Morgan fingerprint density at radius 1 is 1.69 bits per heavy atom. The van der Waals surface area contributed by atoms with Crippen LogP contribution in [-0.2, 0) is 14.4 Å². The molecule has 0 aromatic heterocycles. The number of hydrogen-bond donors (Lipinski definition) is 1. The van der Waals surface area contributed by atoms with Gasteiger partial charge in [0.25, 0.3) is 0 Å². The fourth-order valence-electron chi connectivity index (χ4n) is 0.962. The average Bonchev–Trinajstić information content (AvgIpc) is 2.09. The van der Waals surface area contributed by atoms with Crippen LogP contribution in [0.25, 0.3) is 0 Å². The van der Waals surface area contributed by atoms with Gasteiger partial charge in [-0.15, -0.1) is 0 Å². The van der Waals surface area contributed by atoms with Crippen LogP contribution in [0.3, 0.4) is 0 Å². The molecule has 1 saturated heterocycles. The predicted molar refractivity (Wildman–Crippen MR) is 45.6 cm³/mol. The molecule has 0 unspecified atom stereocenters. The third-order valence-corrected chi connectivity index (χ3v) is 2.68. The fourth-order valence-corrected chi connectivity index (χ4v) is 1.77. The van der Waals surface area contributed by atoms with Gasteiger partial charge in [-0.2, -0.15) is 0 Å². The maximum Gasteiger partial charge on any atom is 0.236 e. The monoisotopic (exact) mass is 203 g/mol. The van der Waals surface area contributed by atoms with Gasteiger partial charge in [-0.1, -0.05) is 0 Å². The van der Waals surface area contributed by atoms with Crippen molar-refractivity contribution in [2.75, 3.05) is 6.61 Å². The van der Waals surface area contributed by atoms with Crippen molar-refractivity contribution in [2.45, 2.75) is 19.4 Å². The number of rotatable bonds is 3. The van der Waals surface area contributed by atoms with Gasteiger partial charge in [0.15, 0.2) is 5.78 Å². The summed E-state index contributed by atoms with van der Waals surface area (Å²) in [6.45, 7) is 0.743. The van der Waals surface area contributed by atoms with Crippen molar-refractivity contribution in [3.63, 3.8) is 0 Å². The average molecular weight is 203 g/mol. The number of amides is 1. The number of aliphatic hydroxyl groups excluding tert-OH is 1. The standard InChI is InChI=1S/C7H9NO4S/c1-4(10)5-2-6(11)8(5)13-7(12)3-9/h5,9H,2-3H2,1H3/t5-/m0/s1. The van der Waals surface area contributed by atoms with E-state index in [-0.39, 0.29) is 18.1 Å². The molecular weight excluding hydrogens is 194 g/mol. The van der Waals surface area contributed by atoms with Gasteiger partial charge in [-0.05, 0) is 6.92 Å². The van der Waals surface area contributed by atoms with Crippen LogP contribution in [-0.4, -0.2) is 38.9 Å². The van der Waals surface area contributed by atoms with E-state index < -0.39 is 17.8 Å². The number of β-lactam (4-membered cyclic amide) rings is 1. The van der Waals surface area contributed by atoms with Gasteiger partial charge in [-0.3, -0.25) is 18.7 Å². The zero-order valence-electron chi connectivity index (χ0n) is 7.02. The first kappa shape index (κ1) is 10.2. The molecule has 0 bridgehead atoms. The van der Waals surface area contributed by atoms with Gasteiger partial charge in [0.1, 0.15) is 12.6 Å². The van der Waals surface area contributed by atoms with Crippen LogP contribution >= 0.6 is 11.9 Å². The molecule has 1 amide bonds. The lowest BCUT2D eigenvalue weighted by molar-refractivity contribution is -0.143. The van der Waals surface area contributed by atoms with Crippen LogP contribution in [0.4, 0.5) is 0 Å². The van der Waals surface area contributed by atoms with Gasteiger partial charge in [0, 0.05) is 11.9 Å². The number of aliphatic hydroxyl groups is 1. The van der Waals surface area contributed by atoms with E-state index in [9.17, 15) is 14.4 Å². The molecule has 5 nitrogen and oxygen atoms in total. The Morgan fingerprint density at radius 2 is 2.31 bits per heavy atom. The molecular formula is C7H9NO4S. The fraction of sp³-hybridized carbons (Fsp3) is 0.571. The first-order valence-electron chi connectivity index (χ1n) is 3.70. The van der Waals surface area contributed by atoms with Crippen LogP contribution in [0.1, 0.15) is 13.3 Å². The molecule has 1 N–H and O–H groups in total. The maximum absolute atomic E-state index is 10.9. The van der Waals surface area contributed by atoms with Crippen molar-refractivity contribution in [1.29, 1.82) is 0 Å². The number of ketones is 1. The lowest BCUT2D eigenvalue weighted by atomic mass is 10.0. The minimum Gasteiger partial charge on any atom is -0.388 e. The van der Waals surface area contributed by atoms with Gasteiger partial charge in [-0.25, -0.2) is 0 Å². The quantitative estimate of drug-likeness (QED) is 0.487. The van der Waals surface area contributed by atoms with Crippen molar-refractivity contribution >= 4 is 28.8 Å². The lowest BCUT2D eigenvalue weighted by Gasteiger charge is -2.36. The summed E-state index contributed by atoms with van der Waals surface area (Å²) in [5.74, 6) is -0.384. The maximum atomic E-state index is 10.9. The summed E-state index contributed by atoms with van der Waals surface area (Å²) in [4.78, 5) is 32.5. The highest BCUT2D eigenvalue weighted by Crippen LogP contribution is 2.28. The van der Waals surface area contributed by atoms with E-state index in [4.69, 9.17) is 5.11 Å².